The van der Waals surface area contributed by atoms with E-state index in [1.165, 1.54) is 0 Å². The Kier molecular flexibility index (Phi) is 7.05. The molecule has 180 valence electrons. The second-order valence-electron chi connectivity index (χ2n) is 8.41. The van der Waals surface area contributed by atoms with Crippen LogP contribution in [0, 0.1) is 18.3 Å². The lowest BCUT2D eigenvalue weighted by molar-refractivity contribution is 0.306. The third-order valence-electron chi connectivity index (χ3n) is 5.56. The molecule has 0 amide bonds. The van der Waals surface area contributed by atoms with E-state index in [1.54, 1.807) is 12.1 Å². The lowest BCUT2D eigenvalue weighted by Gasteiger charge is -2.11. The summed E-state index contributed by atoms with van der Waals surface area (Å²) in [6.07, 6.45) is 0. The van der Waals surface area contributed by atoms with Crippen molar-refractivity contribution in [2.45, 2.75) is 13.5 Å². The number of hydrogen-bond acceptors (Lipinski definition) is 6. The molecule has 0 spiro atoms. The lowest BCUT2D eigenvalue weighted by Crippen LogP contribution is -2.00. The Labute approximate surface area is 215 Å². The van der Waals surface area contributed by atoms with Gasteiger partial charge in [0.05, 0.1) is 17.3 Å². The monoisotopic (exact) mass is 484 g/mol. The molecule has 4 aromatic carbocycles. The van der Waals surface area contributed by atoms with Gasteiger partial charge in [0.1, 0.15) is 23.9 Å². The highest BCUT2D eigenvalue weighted by atomic mass is 16.5. The topological polar surface area (TPSA) is 80.1 Å². The van der Waals surface area contributed by atoms with Crippen LogP contribution in [0.15, 0.2) is 109 Å². The highest BCUT2D eigenvalue weighted by Gasteiger charge is 2.08. The molecule has 6 nitrogen and oxygen atoms in total. The smallest absolute Gasteiger partial charge is 0.227 e. The van der Waals surface area contributed by atoms with Gasteiger partial charge in [0.15, 0.2) is 0 Å². The zero-order valence-corrected chi connectivity index (χ0v) is 20.3. The van der Waals surface area contributed by atoms with Crippen LogP contribution < -0.4 is 14.8 Å². The van der Waals surface area contributed by atoms with Gasteiger partial charge in [-0.25, -0.2) is 9.97 Å². The van der Waals surface area contributed by atoms with Gasteiger partial charge >= 0.3 is 0 Å². The largest absolute Gasteiger partial charge is 0.489 e. The zero-order valence-electron chi connectivity index (χ0n) is 20.3. The van der Waals surface area contributed by atoms with Gasteiger partial charge in [0, 0.05) is 16.9 Å². The van der Waals surface area contributed by atoms with E-state index in [0.29, 0.717) is 29.6 Å². The van der Waals surface area contributed by atoms with Crippen molar-refractivity contribution < 1.29 is 9.47 Å². The van der Waals surface area contributed by atoms with Crippen molar-refractivity contribution >= 4 is 11.6 Å². The van der Waals surface area contributed by atoms with E-state index in [2.05, 4.69) is 21.4 Å². The molecule has 37 heavy (non-hydrogen) atoms. The molecule has 0 aliphatic carbocycles. The fraction of sp³-hybridized carbons (Fsp3) is 0.0645. The number of benzene rings is 4. The molecule has 0 radical (unpaired) electrons. The Morgan fingerprint density at radius 1 is 0.757 bits per heavy atom. The number of anilines is 2. The average Bonchev–Trinajstić information content (AvgIpc) is 2.93. The number of ether oxygens (including phenoxy) is 2. The zero-order chi connectivity index (χ0) is 25.5. The summed E-state index contributed by atoms with van der Waals surface area (Å²) in [7, 11) is 0. The van der Waals surface area contributed by atoms with Gasteiger partial charge in [-0.2, -0.15) is 5.26 Å². The van der Waals surface area contributed by atoms with Crippen molar-refractivity contribution in [1.82, 2.24) is 9.97 Å². The van der Waals surface area contributed by atoms with E-state index >= 15 is 0 Å². The number of nitrogens with zero attached hydrogens (tertiary/aromatic N) is 3. The Bertz CT molecular complexity index is 1530. The van der Waals surface area contributed by atoms with E-state index in [1.807, 2.05) is 104 Å². The third-order valence-corrected chi connectivity index (χ3v) is 5.56. The predicted molar refractivity (Wildman–Crippen MR) is 144 cm³/mol. The summed E-state index contributed by atoms with van der Waals surface area (Å²) in [5.74, 6) is 2.68. The Balaban J connectivity index is 1.27. The molecule has 0 aliphatic heterocycles. The molecular weight excluding hydrogens is 460 g/mol. The molecule has 0 fully saturated rings. The average molecular weight is 485 g/mol. The van der Waals surface area contributed by atoms with Gasteiger partial charge in [-0.05, 0) is 79.2 Å². The summed E-state index contributed by atoms with van der Waals surface area (Å²) in [6.45, 7) is 2.44. The second kappa shape index (κ2) is 11.1. The van der Waals surface area contributed by atoms with E-state index < -0.39 is 0 Å². The van der Waals surface area contributed by atoms with Crippen LogP contribution in [-0.4, -0.2) is 9.97 Å². The molecule has 6 heteroatoms. The summed E-state index contributed by atoms with van der Waals surface area (Å²) < 4.78 is 12.0. The van der Waals surface area contributed by atoms with E-state index in [0.717, 1.165) is 34.0 Å². The highest BCUT2D eigenvalue weighted by molar-refractivity contribution is 5.64. The van der Waals surface area contributed by atoms with Crippen LogP contribution in [-0.2, 0) is 6.61 Å². The number of aryl methyl sites for hydroxylation is 1. The fourth-order valence-corrected chi connectivity index (χ4v) is 3.73. The number of nitriles is 1. The minimum absolute atomic E-state index is 0.483. The first kappa shape index (κ1) is 23.6. The Hall–Kier alpha value is -5.15. The van der Waals surface area contributed by atoms with Crippen molar-refractivity contribution in [3.8, 4) is 34.6 Å². The molecule has 1 heterocycles. The maximum atomic E-state index is 8.99. The van der Waals surface area contributed by atoms with Gasteiger partial charge in [-0.1, -0.05) is 42.5 Å². The van der Waals surface area contributed by atoms with Crippen LogP contribution in [0.1, 0.15) is 16.8 Å². The molecule has 0 atom stereocenters. The summed E-state index contributed by atoms with van der Waals surface area (Å²) in [5, 5.41) is 12.2. The highest BCUT2D eigenvalue weighted by Crippen LogP contribution is 2.29. The van der Waals surface area contributed by atoms with E-state index in [-0.39, 0.29) is 0 Å². The molecule has 1 aromatic heterocycles. The van der Waals surface area contributed by atoms with Crippen LogP contribution in [0.5, 0.6) is 17.2 Å². The molecular formula is C31H24N4O2. The summed E-state index contributed by atoms with van der Waals surface area (Å²) in [5.41, 5.74) is 5.05. The first-order valence-corrected chi connectivity index (χ1v) is 11.8. The van der Waals surface area contributed by atoms with Gasteiger partial charge in [-0.3, -0.25) is 0 Å². The molecule has 5 aromatic rings. The number of rotatable bonds is 8. The predicted octanol–water partition coefficient (Wildman–Crippen LogP) is 7.44. The molecule has 0 aliphatic rings. The van der Waals surface area contributed by atoms with Crippen molar-refractivity contribution in [3.63, 3.8) is 0 Å². The number of nitrogens with one attached hydrogen (secondary N) is 1. The van der Waals surface area contributed by atoms with Gasteiger partial charge < -0.3 is 14.8 Å². The van der Waals surface area contributed by atoms with Crippen molar-refractivity contribution in [3.05, 3.63) is 126 Å². The first-order chi connectivity index (χ1) is 18.1. The van der Waals surface area contributed by atoms with Crippen LogP contribution in [0.4, 0.5) is 11.6 Å². The molecule has 1 N–H and O–H groups in total. The normalized spacial score (nSPS) is 10.4. The number of aromatic nitrogens is 2. The van der Waals surface area contributed by atoms with Crippen LogP contribution in [0.2, 0.25) is 0 Å². The standard InChI is InChI=1S/C31H24N4O2/c1-22-18-30(35-31(33-22)34-26-12-10-23(20-32)11-13-26)25-8-5-9-29(19-25)37-28-16-14-27(15-17-28)36-21-24-6-3-2-4-7-24/h2-19H,21H2,1H3,(H,33,34,35). The Morgan fingerprint density at radius 3 is 2.27 bits per heavy atom. The van der Waals surface area contributed by atoms with Crippen LogP contribution >= 0.6 is 0 Å². The molecule has 0 saturated carbocycles. The maximum absolute atomic E-state index is 8.99. The molecule has 0 bridgehead atoms. The minimum atomic E-state index is 0.483. The van der Waals surface area contributed by atoms with Crippen molar-refractivity contribution in [2.24, 2.45) is 0 Å². The van der Waals surface area contributed by atoms with Crippen molar-refractivity contribution in [2.75, 3.05) is 5.32 Å². The van der Waals surface area contributed by atoms with Crippen LogP contribution in [0.3, 0.4) is 0 Å². The molecule has 5 rings (SSSR count). The molecule has 0 unspecified atom stereocenters. The maximum Gasteiger partial charge on any atom is 0.227 e. The van der Waals surface area contributed by atoms with Crippen molar-refractivity contribution in [1.29, 1.82) is 5.26 Å². The second-order valence-corrected chi connectivity index (χ2v) is 8.41. The van der Waals surface area contributed by atoms with Crippen LogP contribution in [0.25, 0.3) is 11.3 Å². The first-order valence-electron chi connectivity index (χ1n) is 11.8. The van der Waals surface area contributed by atoms with Gasteiger partial charge in [0.25, 0.3) is 0 Å². The minimum Gasteiger partial charge on any atom is -0.489 e. The van der Waals surface area contributed by atoms with Gasteiger partial charge in [0.2, 0.25) is 5.95 Å². The summed E-state index contributed by atoms with van der Waals surface area (Å²) in [4.78, 5) is 9.19. The summed E-state index contributed by atoms with van der Waals surface area (Å²) in [6, 6.07) is 36.6. The third kappa shape index (κ3) is 6.30. The molecule has 0 saturated heterocycles. The lowest BCUT2D eigenvalue weighted by atomic mass is 10.1. The SMILES string of the molecule is Cc1cc(-c2cccc(Oc3ccc(OCc4ccccc4)cc3)c2)nc(Nc2ccc(C#N)cc2)n1. The van der Waals surface area contributed by atoms with E-state index in [9.17, 15) is 0 Å². The van der Waals surface area contributed by atoms with E-state index in [4.69, 9.17) is 14.7 Å². The fourth-order valence-electron chi connectivity index (χ4n) is 3.73. The Morgan fingerprint density at radius 2 is 1.51 bits per heavy atom. The number of hydrogen-bond donors (Lipinski definition) is 1. The van der Waals surface area contributed by atoms with Gasteiger partial charge in [-0.15, -0.1) is 0 Å². The summed E-state index contributed by atoms with van der Waals surface area (Å²) >= 11 is 0. The quantitative estimate of drug-likeness (QED) is 0.247.